The van der Waals surface area contributed by atoms with Crippen LogP contribution in [0.15, 0.2) is 329 Å². The lowest BCUT2D eigenvalue weighted by Crippen LogP contribution is -1.89. The van der Waals surface area contributed by atoms with Crippen molar-refractivity contribution in [2.75, 3.05) is 0 Å². The first-order valence-electron chi connectivity index (χ1n) is 28.3. The van der Waals surface area contributed by atoms with Gasteiger partial charge in [0.25, 0.3) is 0 Å². The summed E-state index contributed by atoms with van der Waals surface area (Å²) in [7, 11) is 0. The Morgan fingerprint density at radius 3 is 0.381 bits per heavy atom. The van der Waals surface area contributed by atoms with E-state index in [0.717, 1.165) is 145 Å². The molecular weight excluding hydrogens is 1020 g/mol. The summed E-state index contributed by atoms with van der Waals surface area (Å²) >= 11 is 0. The summed E-state index contributed by atoms with van der Waals surface area (Å²) in [5.74, 6) is 0. The molecule has 0 atom stereocenters. The molecule has 14 rings (SSSR count). The lowest BCUT2D eigenvalue weighted by molar-refractivity contribution is 1.33. The van der Waals surface area contributed by atoms with Crippen LogP contribution in [-0.2, 0) is 0 Å². The first kappa shape index (κ1) is 51.0. The van der Waals surface area contributed by atoms with E-state index >= 15 is 0 Å². The molecule has 0 fully saturated rings. The number of hydrogen-bond acceptors (Lipinski definition) is 4. The van der Waals surface area contributed by atoms with Crippen molar-refractivity contribution in [2.45, 2.75) is 0 Å². The summed E-state index contributed by atoms with van der Waals surface area (Å²) in [6.45, 7) is 0. The molecule has 10 aromatic carbocycles. The van der Waals surface area contributed by atoms with E-state index in [4.69, 9.17) is 0 Å². The van der Waals surface area contributed by atoms with Crippen LogP contribution in [0, 0.1) is 0 Å². The van der Waals surface area contributed by atoms with Crippen molar-refractivity contribution in [2.24, 2.45) is 0 Å². The zero-order chi connectivity index (χ0) is 56.0. The zero-order valence-corrected chi connectivity index (χ0v) is 46.0. The van der Waals surface area contributed by atoms with Crippen LogP contribution in [-0.4, -0.2) is 19.9 Å². The van der Waals surface area contributed by atoms with E-state index in [9.17, 15) is 0 Å². The molecule has 14 aromatic rings. The quantitative estimate of drug-likeness (QED) is 0.115. The standard InChI is InChI=1S/C80H54N4/c1-13-55(37-57(15-1)59-17-3-23-65(39-59)75-45-77(67-25-5-19-61(41-67)71-29-9-33-81-51-71)49-78(46-75)68-26-6-20-62(42-68)72-30-10-34-82-52-72)56-14-2-16-58(38-56)60-18-4-24-66(40-60)76-47-79(69-27-7-21-63(43-69)73-31-11-35-83-53-73)50-80(48-76)70-28-8-22-64(44-70)74-32-12-36-84-54-74/h1-54H. The van der Waals surface area contributed by atoms with E-state index in [-0.39, 0.29) is 0 Å². The number of hydrogen-bond donors (Lipinski definition) is 0. The van der Waals surface area contributed by atoms with Crippen LogP contribution in [0.4, 0.5) is 0 Å². The highest BCUT2D eigenvalue weighted by atomic mass is 14.6. The lowest BCUT2D eigenvalue weighted by Gasteiger charge is -2.14. The van der Waals surface area contributed by atoms with Gasteiger partial charge in [0, 0.05) is 71.8 Å². The fourth-order valence-electron chi connectivity index (χ4n) is 11.4. The normalized spacial score (nSPS) is 11.1. The Labute approximate surface area is 490 Å². The van der Waals surface area contributed by atoms with Gasteiger partial charge in [-0.15, -0.1) is 0 Å². The van der Waals surface area contributed by atoms with Gasteiger partial charge >= 0.3 is 0 Å². The molecule has 394 valence electrons. The minimum atomic E-state index is 1.09. The van der Waals surface area contributed by atoms with Crippen molar-refractivity contribution in [1.82, 2.24) is 19.9 Å². The van der Waals surface area contributed by atoms with Gasteiger partial charge in [-0.2, -0.15) is 0 Å². The predicted molar refractivity (Wildman–Crippen MR) is 348 cm³/mol. The van der Waals surface area contributed by atoms with Crippen LogP contribution in [0.1, 0.15) is 0 Å². The molecule has 0 saturated carbocycles. The maximum atomic E-state index is 4.42. The van der Waals surface area contributed by atoms with E-state index < -0.39 is 0 Å². The highest BCUT2D eigenvalue weighted by molar-refractivity contribution is 5.88. The maximum Gasteiger partial charge on any atom is 0.0346 e. The third kappa shape index (κ3) is 11.0. The van der Waals surface area contributed by atoms with Gasteiger partial charge in [0.15, 0.2) is 0 Å². The summed E-state index contributed by atoms with van der Waals surface area (Å²) in [5.41, 5.74) is 29.5. The van der Waals surface area contributed by atoms with Crippen molar-refractivity contribution in [3.05, 3.63) is 329 Å². The molecule has 0 N–H and O–H groups in total. The van der Waals surface area contributed by atoms with Gasteiger partial charge in [0.05, 0.1) is 0 Å². The number of aromatic nitrogens is 4. The first-order chi connectivity index (χ1) is 41.6. The molecule has 0 aliphatic carbocycles. The van der Waals surface area contributed by atoms with Crippen LogP contribution in [0.25, 0.3) is 145 Å². The fraction of sp³-hybridized carbons (Fsp3) is 0. The molecule has 0 unspecified atom stereocenters. The van der Waals surface area contributed by atoms with Crippen LogP contribution in [0.5, 0.6) is 0 Å². The molecule has 0 bridgehead atoms. The maximum absolute atomic E-state index is 4.42. The summed E-state index contributed by atoms with van der Waals surface area (Å²) in [6, 6.07) is 101. The summed E-state index contributed by atoms with van der Waals surface area (Å²) < 4.78 is 0. The second-order valence-electron chi connectivity index (χ2n) is 21.2. The van der Waals surface area contributed by atoms with E-state index in [1.807, 2.05) is 73.8 Å². The van der Waals surface area contributed by atoms with E-state index in [1.165, 1.54) is 0 Å². The number of nitrogens with zero attached hydrogens (tertiary/aromatic N) is 4. The van der Waals surface area contributed by atoms with Crippen molar-refractivity contribution < 1.29 is 0 Å². The Morgan fingerprint density at radius 1 is 0.119 bits per heavy atom. The largest absolute Gasteiger partial charge is 0.264 e. The van der Waals surface area contributed by atoms with Gasteiger partial charge in [-0.25, -0.2) is 0 Å². The predicted octanol–water partition coefficient (Wildman–Crippen LogP) is 20.9. The lowest BCUT2D eigenvalue weighted by atomic mass is 9.90. The van der Waals surface area contributed by atoms with Crippen molar-refractivity contribution >= 4 is 0 Å². The first-order valence-corrected chi connectivity index (χ1v) is 28.3. The summed E-state index contributed by atoms with van der Waals surface area (Å²) in [4.78, 5) is 17.7. The number of pyridine rings is 4. The van der Waals surface area contributed by atoms with E-state index in [1.54, 1.807) is 0 Å². The molecule has 84 heavy (non-hydrogen) atoms. The third-order valence-corrected chi connectivity index (χ3v) is 15.7. The minimum absolute atomic E-state index is 1.09. The fourth-order valence-corrected chi connectivity index (χ4v) is 11.4. The van der Waals surface area contributed by atoms with E-state index in [0.29, 0.717) is 0 Å². The van der Waals surface area contributed by atoms with E-state index in [2.05, 4.69) is 275 Å². The van der Waals surface area contributed by atoms with Crippen LogP contribution in [0.2, 0.25) is 0 Å². The Morgan fingerprint density at radius 2 is 0.238 bits per heavy atom. The molecular formula is C80H54N4. The second kappa shape index (κ2) is 23.1. The smallest absolute Gasteiger partial charge is 0.0346 e. The molecule has 0 aliphatic heterocycles. The van der Waals surface area contributed by atoms with Crippen LogP contribution >= 0.6 is 0 Å². The SMILES string of the molecule is c1cncc(-c2cccc(-c3cc(-c4cccc(-c5cccnc5)c4)cc(-c4cccc(-c5cccc(-c6cccc(-c7cccc(-c8cc(-c9cccc(-c%10cccnc%10)c9)cc(-c9cccc(-c%10cccnc%10)c9)c8)c7)c6)c5)c4)c3)c2)c1. The molecule has 0 saturated heterocycles. The Balaban J connectivity index is 0.797. The van der Waals surface area contributed by atoms with Gasteiger partial charge in [-0.05, 0) is 232 Å². The summed E-state index contributed by atoms with van der Waals surface area (Å²) in [5, 5.41) is 0. The average molecular weight is 1070 g/mol. The molecule has 4 nitrogen and oxygen atoms in total. The molecule has 4 aromatic heterocycles. The Bertz CT molecular complexity index is 4150. The van der Waals surface area contributed by atoms with Crippen molar-refractivity contribution in [1.29, 1.82) is 0 Å². The van der Waals surface area contributed by atoms with Crippen LogP contribution in [0.3, 0.4) is 0 Å². The van der Waals surface area contributed by atoms with Gasteiger partial charge < -0.3 is 0 Å². The van der Waals surface area contributed by atoms with Gasteiger partial charge in [-0.3, -0.25) is 19.9 Å². The number of benzene rings is 10. The molecule has 0 aliphatic rings. The highest BCUT2D eigenvalue weighted by Crippen LogP contribution is 2.40. The third-order valence-electron chi connectivity index (χ3n) is 15.7. The van der Waals surface area contributed by atoms with Gasteiger partial charge in [0.2, 0.25) is 0 Å². The Hall–Kier alpha value is -11.2. The van der Waals surface area contributed by atoms with Crippen LogP contribution < -0.4 is 0 Å². The topological polar surface area (TPSA) is 51.6 Å². The monoisotopic (exact) mass is 1070 g/mol. The summed E-state index contributed by atoms with van der Waals surface area (Å²) in [6.07, 6.45) is 15.0. The molecule has 4 heteroatoms. The van der Waals surface area contributed by atoms with Gasteiger partial charge in [0.1, 0.15) is 0 Å². The second-order valence-corrected chi connectivity index (χ2v) is 21.2. The zero-order valence-electron chi connectivity index (χ0n) is 46.0. The molecule has 4 heterocycles. The van der Waals surface area contributed by atoms with Crippen molar-refractivity contribution in [3.63, 3.8) is 0 Å². The Kier molecular flexibility index (Phi) is 14.0. The molecule has 0 spiro atoms. The minimum Gasteiger partial charge on any atom is -0.264 e. The number of rotatable bonds is 13. The average Bonchev–Trinajstić information content (AvgIpc) is 3.75. The highest BCUT2D eigenvalue weighted by Gasteiger charge is 2.15. The molecule has 0 amide bonds. The van der Waals surface area contributed by atoms with Gasteiger partial charge in [-0.1, -0.05) is 170 Å². The molecule has 0 radical (unpaired) electrons. The van der Waals surface area contributed by atoms with Crippen molar-refractivity contribution in [3.8, 4) is 145 Å².